The number of pyridine rings is 2. The van der Waals surface area contributed by atoms with Gasteiger partial charge >= 0.3 is 23.9 Å². The number of carboxylic acid groups (broad SMARTS) is 4. The molecule has 0 amide bonds. The Kier molecular flexibility index (Phi) is 11.7. The minimum absolute atomic E-state index is 0. The van der Waals surface area contributed by atoms with E-state index in [0.717, 1.165) is 0 Å². The molecule has 0 atom stereocenters. The van der Waals surface area contributed by atoms with Gasteiger partial charge in [-0.3, -0.25) is 0 Å². The fourth-order valence-electron chi connectivity index (χ4n) is 1.35. The Morgan fingerprint density at radius 3 is 0.885 bits per heavy atom. The Balaban J connectivity index is 0. The second kappa shape index (κ2) is 11.9. The zero-order valence-electron chi connectivity index (χ0n) is 13.2. The summed E-state index contributed by atoms with van der Waals surface area (Å²) in [6.45, 7) is 0. The molecule has 26 heavy (non-hydrogen) atoms. The van der Waals surface area contributed by atoms with Gasteiger partial charge in [-0.2, -0.15) is 0 Å². The Bertz CT molecular complexity index is 687. The SMILES string of the molecule is O=C(O)c1cccc(C(=O)O)n1.O=C(O)c1cccc(C(=O)O)n1.[Zn].[Zn]. The molecule has 4 N–H and O–H groups in total. The molecule has 2 aromatic rings. The average Bonchev–Trinajstić information content (AvgIpc) is 2.55. The van der Waals surface area contributed by atoms with Crippen molar-refractivity contribution in [3.63, 3.8) is 0 Å². The standard InChI is InChI=1S/2C7H5NO4.2Zn/c2*9-6(10)4-2-1-3-5(8-4)7(11)12;;/h2*1-3H,(H,9,10)(H,11,12);;. The summed E-state index contributed by atoms with van der Waals surface area (Å²) in [7, 11) is 0. The smallest absolute Gasteiger partial charge is 0.354 e. The van der Waals surface area contributed by atoms with Crippen molar-refractivity contribution < 1.29 is 78.6 Å². The number of nitrogens with zero attached hydrogens (tertiary/aromatic N) is 2. The van der Waals surface area contributed by atoms with E-state index < -0.39 is 23.9 Å². The predicted octanol–water partition coefficient (Wildman–Crippen LogP) is 0.951. The maximum atomic E-state index is 10.3. The Morgan fingerprint density at radius 2 is 0.731 bits per heavy atom. The van der Waals surface area contributed by atoms with E-state index in [2.05, 4.69) is 9.97 Å². The maximum absolute atomic E-state index is 10.3. The van der Waals surface area contributed by atoms with Crippen LogP contribution >= 0.6 is 0 Å². The number of aromatic carboxylic acids is 4. The minimum Gasteiger partial charge on any atom is -0.477 e. The van der Waals surface area contributed by atoms with E-state index in [1.807, 2.05) is 0 Å². The fraction of sp³-hybridized carbons (Fsp3) is 0. The topological polar surface area (TPSA) is 175 Å². The molecule has 10 nitrogen and oxygen atoms in total. The normalized spacial score (nSPS) is 8.62. The van der Waals surface area contributed by atoms with E-state index in [9.17, 15) is 19.2 Å². The molecule has 0 aliphatic rings. The van der Waals surface area contributed by atoms with Crippen molar-refractivity contribution in [3.05, 3.63) is 59.2 Å². The zero-order chi connectivity index (χ0) is 18.3. The van der Waals surface area contributed by atoms with Crippen molar-refractivity contribution in [3.8, 4) is 0 Å². The third-order valence-electron chi connectivity index (χ3n) is 2.37. The average molecular weight is 465 g/mol. The van der Waals surface area contributed by atoms with Gasteiger partial charge in [0.05, 0.1) is 0 Å². The molecule has 2 heterocycles. The first-order chi connectivity index (χ1) is 11.2. The summed E-state index contributed by atoms with van der Waals surface area (Å²) in [5.41, 5.74) is -1.07. The van der Waals surface area contributed by atoms with Gasteiger partial charge < -0.3 is 20.4 Å². The molecule has 0 spiro atoms. The summed E-state index contributed by atoms with van der Waals surface area (Å²) in [6.07, 6.45) is 0. The van der Waals surface area contributed by atoms with Crippen LogP contribution in [0.5, 0.6) is 0 Å². The van der Waals surface area contributed by atoms with E-state index in [1.54, 1.807) is 0 Å². The van der Waals surface area contributed by atoms with Crippen molar-refractivity contribution in [2.45, 2.75) is 0 Å². The van der Waals surface area contributed by atoms with Crippen LogP contribution in [0.4, 0.5) is 0 Å². The first-order valence-electron chi connectivity index (χ1n) is 6.09. The largest absolute Gasteiger partial charge is 0.477 e. The molecule has 0 bridgehead atoms. The van der Waals surface area contributed by atoms with Crippen LogP contribution in [0.2, 0.25) is 0 Å². The van der Waals surface area contributed by atoms with Crippen LogP contribution in [0.3, 0.4) is 0 Å². The number of rotatable bonds is 4. The molecule has 0 saturated heterocycles. The molecule has 0 saturated carbocycles. The number of carboxylic acids is 4. The minimum atomic E-state index is -1.24. The van der Waals surface area contributed by atoms with E-state index in [4.69, 9.17) is 20.4 Å². The number of carbonyl (C=O) groups is 4. The first-order valence-corrected chi connectivity index (χ1v) is 6.09. The summed E-state index contributed by atoms with van der Waals surface area (Å²) in [5.74, 6) is -4.95. The predicted molar refractivity (Wildman–Crippen MR) is 76.3 cm³/mol. The van der Waals surface area contributed by atoms with Crippen molar-refractivity contribution >= 4 is 23.9 Å². The molecule has 0 radical (unpaired) electrons. The summed E-state index contributed by atoms with van der Waals surface area (Å²) in [4.78, 5) is 48.0. The quantitative estimate of drug-likeness (QED) is 0.476. The van der Waals surface area contributed by atoms with E-state index in [-0.39, 0.29) is 61.7 Å². The maximum Gasteiger partial charge on any atom is 0.354 e. The summed E-state index contributed by atoms with van der Waals surface area (Å²) < 4.78 is 0. The van der Waals surface area contributed by atoms with Crippen LogP contribution in [-0.2, 0) is 39.0 Å². The molecule has 0 aromatic carbocycles. The molecule has 128 valence electrons. The summed E-state index contributed by atoms with van der Waals surface area (Å²) in [5, 5.41) is 33.7. The molecule has 0 aliphatic heterocycles. The molecular weight excluding hydrogens is 455 g/mol. The Morgan fingerprint density at radius 1 is 0.538 bits per heavy atom. The molecule has 2 rings (SSSR count). The van der Waals surface area contributed by atoms with Crippen molar-refractivity contribution in [1.29, 1.82) is 0 Å². The van der Waals surface area contributed by atoms with Gasteiger partial charge in [0.2, 0.25) is 0 Å². The molecular formula is C14H10N2O8Zn2. The van der Waals surface area contributed by atoms with Gasteiger partial charge in [-0.1, -0.05) is 12.1 Å². The fourth-order valence-corrected chi connectivity index (χ4v) is 1.35. The van der Waals surface area contributed by atoms with Crippen LogP contribution in [0.25, 0.3) is 0 Å². The second-order valence-corrected chi connectivity index (χ2v) is 4.04. The molecule has 0 aliphatic carbocycles. The van der Waals surface area contributed by atoms with Crippen molar-refractivity contribution in [2.24, 2.45) is 0 Å². The third-order valence-corrected chi connectivity index (χ3v) is 2.37. The van der Waals surface area contributed by atoms with Crippen molar-refractivity contribution in [1.82, 2.24) is 9.97 Å². The van der Waals surface area contributed by atoms with Crippen LogP contribution in [0.1, 0.15) is 42.0 Å². The van der Waals surface area contributed by atoms with Gasteiger partial charge in [-0.05, 0) is 24.3 Å². The molecule has 0 fully saturated rings. The van der Waals surface area contributed by atoms with Crippen LogP contribution < -0.4 is 0 Å². The van der Waals surface area contributed by atoms with Crippen LogP contribution in [0.15, 0.2) is 36.4 Å². The van der Waals surface area contributed by atoms with Gasteiger partial charge in [0.15, 0.2) is 0 Å². The Hall–Kier alpha value is -2.57. The van der Waals surface area contributed by atoms with Gasteiger partial charge in [-0.25, -0.2) is 29.1 Å². The second-order valence-electron chi connectivity index (χ2n) is 4.04. The summed E-state index contributed by atoms with van der Waals surface area (Å²) in [6, 6.07) is 7.59. The summed E-state index contributed by atoms with van der Waals surface area (Å²) >= 11 is 0. The van der Waals surface area contributed by atoms with Gasteiger partial charge in [0.25, 0.3) is 0 Å². The van der Waals surface area contributed by atoms with E-state index in [1.165, 1.54) is 36.4 Å². The number of hydrogen-bond acceptors (Lipinski definition) is 6. The van der Waals surface area contributed by atoms with Crippen molar-refractivity contribution in [2.75, 3.05) is 0 Å². The number of aromatic nitrogens is 2. The number of hydrogen-bond donors (Lipinski definition) is 4. The van der Waals surface area contributed by atoms with E-state index >= 15 is 0 Å². The zero-order valence-corrected chi connectivity index (χ0v) is 19.1. The third kappa shape index (κ3) is 8.00. The molecule has 12 heteroatoms. The molecule has 0 unspecified atom stereocenters. The van der Waals surface area contributed by atoms with Gasteiger partial charge in [0, 0.05) is 39.0 Å². The van der Waals surface area contributed by atoms with Gasteiger partial charge in [-0.15, -0.1) is 0 Å². The monoisotopic (exact) mass is 462 g/mol. The first kappa shape index (κ1) is 25.7. The van der Waals surface area contributed by atoms with Gasteiger partial charge in [0.1, 0.15) is 22.8 Å². The van der Waals surface area contributed by atoms with Crippen LogP contribution in [-0.4, -0.2) is 54.3 Å². The van der Waals surface area contributed by atoms with Crippen LogP contribution in [0, 0.1) is 0 Å². The van der Waals surface area contributed by atoms with E-state index in [0.29, 0.717) is 0 Å². The molecule has 2 aromatic heterocycles. The Labute approximate surface area is 171 Å².